The van der Waals surface area contributed by atoms with Gasteiger partial charge in [-0.1, -0.05) is 42.5 Å². The number of benzene rings is 2. The summed E-state index contributed by atoms with van der Waals surface area (Å²) >= 11 is 0. The van der Waals surface area contributed by atoms with Crippen molar-refractivity contribution in [3.63, 3.8) is 0 Å². The number of para-hydroxylation sites is 2. The van der Waals surface area contributed by atoms with E-state index in [2.05, 4.69) is 44.7 Å². The Kier molecular flexibility index (Phi) is 4.72. The molecule has 152 valence electrons. The predicted molar refractivity (Wildman–Crippen MR) is 119 cm³/mol. The minimum atomic E-state index is 0.578. The molecule has 1 aliphatic heterocycles. The maximum Gasteiger partial charge on any atom is 0.185 e. The average molecular weight is 400 g/mol. The molecule has 4 aromatic rings. The van der Waals surface area contributed by atoms with Crippen molar-refractivity contribution < 1.29 is 4.74 Å². The van der Waals surface area contributed by atoms with E-state index < -0.39 is 0 Å². The molecule has 0 saturated heterocycles. The molecule has 0 radical (unpaired) electrons. The maximum absolute atomic E-state index is 6.19. The molecule has 7 nitrogen and oxygen atoms in total. The fourth-order valence-corrected chi connectivity index (χ4v) is 4.17. The molecule has 0 saturated carbocycles. The zero-order chi connectivity index (χ0) is 20.5. The first-order valence-electron chi connectivity index (χ1n) is 10.0. The molecule has 0 aliphatic carbocycles. The van der Waals surface area contributed by atoms with Gasteiger partial charge in [0.1, 0.15) is 17.4 Å². The Morgan fingerprint density at radius 2 is 1.90 bits per heavy atom. The van der Waals surface area contributed by atoms with Gasteiger partial charge in [-0.05, 0) is 29.7 Å². The fraction of sp³-hybridized carbons (Fsp3) is 0.217. The Morgan fingerprint density at radius 1 is 1.10 bits per heavy atom. The number of pyridine rings is 1. The minimum Gasteiger partial charge on any atom is -0.495 e. The lowest BCUT2D eigenvalue weighted by Gasteiger charge is -2.30. The van der Waals surface area contributed by atoms with E-state index in [0.29, 0.717) is 11.5 Å². The summed E-state index contributed by atoms with van der Waals surface area (Å²) in [6, 6.07) is 18.4. The van der Waals surface area contributed by atoms with Crippen molar-refractivity contribution in [3.8, 4) is 5.75 Å². The first-order valence-corrected chi connectivity index (χ1v) is 10.0. The monoisotopic (exact) mass is 400 g/mol. The highest BCUT2D eigenvalue weighted by atomic mass is 16.5. The lowest BCUT2D eigenvalue weighted by atomic mass is 9.97. The van der Waals surface area contributed by atoms with Crippen LogP contribution in [0.1, 0.15) is 16.7 Å². The van der Waals surface area contributed by atoms with Crippen molar-refractivity contribution in [2.24, 2.45) is 0 Å². The number of nitrogens with zero attached hydrogens (tertiary/aromatic N) is 3. The van der Waals surface area contributed by atoms with E-state index >= 15 is 0 Å². The molecule has 7 heteroatoms. The van der Waals surface area contributed by atoms with Gasteiger partial charge in [0.2, 0.25) is 0 Å². The Hall–Kier alpha value is -3.58. The van der Waals surface area contributed by atoms with Crippen LogP contribution in [0.5, 0.6) is 5.75 Å². The molecule has 2 aromatic carbocycles. The summed E-state index contributed by atoms with van der Waals surface area (Å²) in [5, 5.41) is 11.6. The van der Waals surface area contributed by atoms with E-state index in [1.54, 1.807) is 7.11 Å². The van der Waals surface area contributed by atoms with Crippen LogP contribution in [0, 0.1) is 0 Å². The van der Waals surface area contributed by atoms with Gasteiger partial charge < -0.3 is 15.8 Å². The summed E-state index contributed by atoms with van der Waals surface area (Å²) in [7, 11) is 1.67. The van der Waals surface area contributed by atoms with Crippen molar-refractivity contribution in [1.82, 2.24) is 20.1 Å². The van der Waals surface area contributed by atoms with Crippen molar-refractivity contribution in [2.75, 3.05) is 24.7 Å². The highest BCUT2D eigenvalue weighted by Crippen LogP contribution is 2.36. The normalized spacial score (nSPS) is 13.9. The van der Waals surface area contributed by atoms with Gasteiger partial charge in [-0.3, -0.25) is 10.00 Å². The van der Waals surface area contributed by atoms with Crippen LogP contribution >= 0.6 is 0 Å². The van der Waals surface area contributed by atoms with Crippen LogP contribution in [0.4, 0.5) is 17.3 Å². The summed E-state index contributed by atoms with van der Waals surface area (Å²) in [5.74, 6) is 2.15. The summed E-state index contributed by atoms with van der Waals surface area (Å²) in [4.78, 5) is 7.25. The average Bonchev–Trinajstić information content (AvgIpc) is 3.15. The van der Waals surface area contributed by atoms with Gasteiger partial charge in [-0.2, -0.15) is 5.10 Å². The third kappa shape index (κ3) is 3.33. The molecule has 5 rings (SSSR count). The minimum absolute atomic E-state index is 0.578. The number of hydrogen-bond donors (Lipinski definition) is 3. The SMILES string of the molecule is COc1ccccc1Nc1nc2n[nH]c(N)c2c2c1CN(Cc1ccccc1)CC2. The van der Waals surface area contributed by atoms with E-state index in [0.717, 1.165) is 54.3 Å². The quantitative estimate of drug-likeness (QED) is 0.471. The summed E-state index contributed by atoms with van der Waals surface area (Å²) < 4.78 is 5.51. The number of hydrogen-bond acceptors (Lipinski definition) is 6. The van der Waals surface area contributed by atoms with Crippen LogP contribution in [0.2, 0.25) is 0 Å². The highest BCUT2D eigenvalue weighted by molar-refractivity contribution is 5.92. The molecule has 30 heavy (non-hydrogen) atoms. The molecule has 0 fully saturated rings. The van der Waals surface area contributed by atoms with Gasteiger partial charge in [0.05, 0.1) is 18.2 Å². The van der Waals surface area contributed by atoms with Gasteiger partial charge in [-0.15, -0.1) is 0 Å². The van der Waals surface area contributed by atoms with Crippen LogP contribution in [0.3, 0.4) is 0 Å². The van der Waals surface area contributed by atoms with Crippen molar-refractivity contribution >= 4 is 28.4 Å². The number of rotatable bonds is 5. The molecule has 2 aromatic heterocycles. The molecule has 0 amide bonds. The first kappa shape index (κ1) is 18.4. The largest absolute Gasteiger partial charge is 0.495 e. The number of anilines is 3. The molecule has 0 spiro atoms. The third-order valence-electron chi connectivity index (χ3n) is 5.61. The van der Waals surface area contributed by atoms with Crippen molar-refractivity contribution in [1.29, 1.82) is 0 Å². The number of nitrogens with one attached hydrogen (secondary N) is 2. The van der Waals surface area contributed by atoms with E-state index in [4.69, 9.17) is 15.5 Å². The van der Waals surface area contributed by atoms with Crippen LogP contribution in [-0.4, -0.2) is 33.7 Å². The number of ether oxygens (including phenoxy) is 1. The van der Waals surface area contributed by atoms with Crippen molar-refractivity contribution in [2.45, 2.75) is 19.5 Å². The number of nitrogen functional groups attached to an aromatic ring is 1. The van der Waals surface area contributed by atoms with Crippen LogP contribution < -0.4 is 15.8 Å². The van der Waals surface area contributed by atoms with Gasteiger partial charge in [-0.25, -0.2) is 4.98 Å². The molecular formula is C23H24N6O. The van der Waals surface area contributed by atoms with Gasteiger partial charge in [0.25, 0.3) is 0 Å². The summed E-state index contributed by atoms with van der Waals surface area (Å²) in [6.07, 6.45) is 0.894. The van der Waals surface area contributed by atoms with Crippen LogP contribution in [0.25, 0.3) is 11.0 Å². The number of aromatic amines is 1. The fourth-order valence-electron chi connectivity index (χ4n) is 4.17. The second kappa shape index (κ2) is 7.68. The topological polar surface area (TPSA) is 92.1 Å². The smallest absolute Gasteiger partial charge is 0.185 e. The highest BCUT2D eigenvalue weighted by Gasteiger charge is 2.25. The second-order valence-corrected chi connectivity index (χ2v) is 7.52. The van der Waals surface area contributed by atoms with Gasteiger partial charge >= 0.3 is 0 Å². The molecule has 0 bridgehead atoms. The molecule has 3 heterocycles. The maximum atomic E-state index is 6.19. The first-order chi connectivity index (χ1) is 14.7. The Labute approximate surface area is 174 Å². The number of nitrogens with two attached hydrogens (primary N) is 1. The Morgan fingerprint density at radius 3 is 2.73 bits per heavy atom. The molecule has 0 atom stereocenters. The summed E-state index contributed by atoms with van der Waals surface area (Å²) in [5.41, 5.74) is 11.4. The zero-order valence-corrected chi connectivity index (χ0v) is 16.9. The lowest BCUT2D eigenvalue weighted by Crippen LogP contribution is -2.31. The van der Waals surface area contributed by atoms with Gasteiger partial charge in [0, 0.05) is 25.2 Å². The Balaban J connectivity index is 1.55. The Bertz CT molecular complexity index is 1190. The number of methoxy groups -OCH3 is 1. The van der Waals surface area contributed by atoms with E-state index in [1.807, 2.05) is 30.3 Å². The van der Waals surface area contributed by atoms with Gasteiger partial charge in [0.15, 0.2) is 5.65 Å². The predicted octanol–water partition coefficient (Wildman–Crippen LogP) is 3.85. The van der Waals surface area contributed by atoms with E-state index in [9.17, 15) is 0 Å². The van der Waals surface area contributed by atoms with Crippen molar-refractivity contribution in [3.05, 3.63) is 71.3 Å². The molecule has 0 unspecified atom stereocenters. The zero-order valence-electron chi connectivity index (χ0n) is 16.9. The number of aromatic nitrogens is 3. The second-order valence-electron chi connectivity index (χ2n) is 7.52. The number of fused-ring (bicyclic) bond motifs is 3. The van der Waals surface area contributed by atoms with E-state index in [1.165, 1.54) is 11.1 Å². The number of H-pyrrole nitrogens is 1. The molecule has 4 N–H and O–H groups in total. The lowest BCUT2D eigenvalue weighted by molar-refractivity contribution is 0.246. The van der Waals surface area contributed by atoms with E-state index in [-0.39, 0.29) is 0 Å². The molecular weight excluding hydrogens is 376 g/mol. The van der Waals surface area contributed by atoms with Crippen LogP contribution in [0.15, 0.2) is 54.6 Å². The van der Waals surface area contributed by atoms with Crippen LogP contribution in [-0.2, 0) is 19.5 Å². The summed E-state index contributed by atoms with van der Waals surface area (Å²) in [6.45, 7) is 2.64. The molecule has 1 aliphatic rings. The standard InChI is InChI=1S/C23H24N6O/c1-30-19-10-6-5-9-18(19)25-22-17-14-29(13-15-7-3-2-4-8-15)12-11-16(17)20-21(24)27-28-23(20)26-22/h2-10H,11-14H2,1H3,(H4,24,25,26,27,28). The third-order valence-corrected chi connectivity index (χ3v) is 5.61.